The van der Waals surface area contributed by atoms with Crippen LogP contribution in [0.15, 0.2) is 35.5 Å². The Bertz CT molecular complexity index is 1440. The molecule has 0 bridgehead atoms. The third kappa shape index (κ3) is 4.39. The summed E-state index contributed by atoms with van der Waals surface area (Å²) in [5.74, 6) is 0.722. The number of hydrogen-bond acceptors (Lipinski definition) is 8. The second-order valence-electron chi connectivity index (χ2n) is 8.00. The van der Waals surface area contributed by atoms with Gasteiger partial charge in [0.2, 0.25) is 10.0 Å². The zero-order valence-electron chi connectivity index (χ0n) is 19.4. The Balaban J connectivity index is 1.91. The van der Waals surface area contributed by atoms with Gasteiger partial charge in [-0.25, -0.2) is 21.8 Å². The van der Waals surface area contributed by atoms with E-state index in [0.29, 0.717) is 41.9 Å². The summed E-state index contributed by atoms with van der Waals surface area (Å²) in [7, 11) is -2.87. The summed E-state index contributed by atoms with van der Waals surface area (Å²) in [6.07, 6.45) is 4.77. The Kier molecular flexibility index (Phi) is 6.38. The lowest BCUT2D eigenvalue weighted by molar-refractivity contribution is 0.356. The lowest BCUT2D eigenvalue weighted by Gasteiger charge is -2.17. The van der Waals surface area contributed by atoms with E-state index >= 15 is 0 Å². The smallest absolute Gasteiger partial charge is 0.232 e. The number of aromatic nitrogens is 2. The molecular formula is C22H27N3O7S2. The fraction of sp³-hybridized carbons (Fsp3) is 0.409. The minimum Gasteiger partial charge on any atom is -0.495 e. The van der Waals surface area contributed by atoms with Gasteiger partial charge < -0.3 is 14.2 Å². The highest BCUT2D eigenvalue weighted by atomic mass is 32.2. The molecule has 1 saturated carbocycles. The van der Waals surface area contributed by atoms with Gasteiger partial charge in [0.15, 0.2) is 21.3 Å². The molecule has 1 aliphatic carbocycles. The molecule has 0 atom stereocenters. The molecule has 0 spiro atoms. The quantitative estimate of drug-likeness (QED) is 0.442. The molecule has 10 nitrogen and oxygen atoms in total. The highest BCUT2D eigenvalue weighted by molar-refractivity contribution is 7.92. The van der Waals surface area contributed by atoms with Gasteiger partial charge in [-0.1, -0.05) is 6.92 Å². The zero-order chi connectivity index (χ0) is 24.7. The fourth-order valence-electron chi connectivity index (χ4n) is 3.81. The van der Waals surface area contributed by atoms with Crippen molar-refractivity contribution in [2.24, 2.45) is 0 Å². The predicted octanol–water partition coefficient (Wildman–Crippen LogP) is 3.11. The number of pyridine rings is 1. The number of sulfone groups is 1. The van der Waals surface area contributed by atoms with Crippen LogP contribution in [0.4, 0.5) is 5.69 Å². The first-order valence-electron chi connectivity index (χ1n) is 10.7. The van der Waals surface area contributed by atoms with Crippen molar-refractivity contribution in [2.75, 3.05) is 31.8 Å². The highest BCUT2D eigenvalue weighted by Gasteiger charge is 2.39. The number of nitrogens with one attached hydrogen (secondary N) is 1. The van der Waals surface area contributed by atoms with Crippen molar-refractivity contribution in [1.29, 1.82) is 0 Å². The zero-order valence-corrected chi connectivity index (χ0v) is 21.0. The number of ether oxygens (including phenoxy) is 3. The number of nitrogens with zero attached hydrogens (tertiary/aromatic N) is 2. The summed E-state index contributed by atoms with van der Waals surface area (Å²) in [5.41, 5.74) is 1.78. The molecule has 1 fully saturated rings. The van der Waals surface area contributed by atoms with E-state index in [9.17, 15) is 16.8 Å². The molecule has 0 saturated heterocycles. The number of anilines is 1. The number of hydrogen-bond donors (Lipinski definition) is 1. The molecule has 1 aromatic carbocycles. The maximum absolute atomic E-state index is 13.0. The molecular weight excluding hydrogens is 482 g/mol. The summed E-state index contributed by atoms with van der Waals surface area (Å²) >= 11 is 0. The van der Waals surface area contributed by atoms with Crippen LogP contribution >= 0.6 is 0 Å². The van der Waals surface area contributed by atoms with Crippen LogP contribution in [-0.2, 0) is 19.9 Å². The molecule has 12 heteroatoms. The van der Waals surface area contributed by atoms with Crippen LogP contribution < -0.4 is 18.9 Å². The molecule has 0 radical (unpaired) electrons. The third-order valence-electron chi connectivity index (χ3n) is 5.58. The largest absolute Gasteiger partial charge is 0.495 e. The van der Waals surface area contributed by atoms with Gasteiger partial charge in [-0.2, -0.15) is 0 Å². The molecule has 0 aliphatic heterocycles. The molecule has 3 aromatic rings. The molecule has 0 unspecified atom stereocenters. The first kappa shape index (κ1) is 24.1. The molecule has 34 heavy (non-hydrogen) atoms. The maximum Gasteiger partial charge on any atom is 0.232 e. The Labute approximate surface area is 198 Å². The molecule has 0 amide bonds. The number of benzene rings is 1. The molecule has 2 aromatic heterocycles. The Hall–Kier alpha value is -2.99. The van der Waals surface area contributed by atoms with Crippen molar-refractivity contribution in [1.82, 2.24) is 9.38 Å². The van der Waals surface area contributed by atoms with Crippen LogP contribution in [0.1, 0.15) is 26.2 Å². The Morgan fingerprint density at radius 1 is 1.03 bits per heavy atom. The van der Waals surface area contributed by atoms with E-state index in [1.165, 1.54) is 27.5 Å². The average Bonchev–Trinajstić information content (AvgIpc) is 3.58. The van der Waals surface area contributed by atoms with Crippen molar-refractivity contribution in [2.45, 2.75) is 36.3 Å². The van der Waals surface area contributed by atoms with E-state index in [2.05, 4.69) is 9.71 Å². The monoisotopic (exact) mass is 509 g/mol. The Morgan fingerprint density at radius 3 is 2.32 bits per heavy atom. The van der Waals surface area contributed by atoms with Gasteiger partial charge in [-0.05, 0) is 31.4 Å². The van der Waals surface area contributed by atoms with Gasteiger partial charge in [0.05, 0.1) is 49.9 Å². The molecule has 4 rings (SSSR count). The van der Waals surface area contributed by atoms with Gasteiger partial charge in [-0.3, -0.25) is 9.12 Å². The maximum atomic E-state index is 13.0. The van der Waals surface area contributed by atoms with E-state index in [1.54, 1.807) is 35.7 Å². The van der Waals surface area contributed by atoms with Gasteiger partial charge in [0.1, 0.15) is 16.3 Å². The van der Waals surface area contributed by atoms with Crippen LogP contribution in [0.25, 0.3) is 16.9 Å². The van der Waals surface area contributed by atoms with Crippen LogP contribution in [0.2, 0.25) is 0 Å². The van der Waals surface area contributed by atoms with Crippen molar-refractivity contribution in [3.05, 3.63) is 30.6 Å². The van der Waals surface area contributed by atoms with Crippen molar-refractivity contribution in [3.8, 4) is 28.5 Å². The van der Waals surface area contributed by atoms with E-state index < -0.39 is 25.1 Å². The summed E-state index contributed by atoms with van der Waals surface area (Å²) in [5, 5.41) is -0.411. The molecule has 184 valence electrons. The van der Waals surface area contributed by atoms with E-state index in [-0.39, 0.29) is 27.8 Å². The number of methoxy groups -OCH3 is 3. The number of fused-ring (bicyclic) bond motifs is 1. The number of imidazole rings is 1. The summed E-state index contributed by atoms with van der Waals surface area (Å²) in [6.45, 7) is 1.77. The first-order chi connectivity index (χ1) is 16.1. The van der Waals surface area contributed by atoms with Gasteiger partial charge >= 0.3 is 0 Å². The molecule has 1 aliphatic rings. The highest BCUT2D eigenvalue weighted by Crippen LogP contribution is 2.42. The average molecular weight is 510 g/mol. The van der Waals surface area contributed by atoms with Crippen LogP contribution in [0, 0.1) is 0 Å². The Morgan fingerprint density at radius 2 is 1.74 bits per heavy atom. The van der Waals surface area contributed by atoms with E-state index in [0.717, 1.165) is 0 Å². The van der Waals surface area contributed by atoms with E-state index in [1.807, 2.05) is 0 Å². The van der Waals surface area contributed by atoms with Crippen molar-refractivity contribution < 1.29 is 31.0 Å². The fourth-order valence-corrected chi connectivity index (χ4v) is 6.72. The molecule has 2 heterocycles. The second-order valence-corrected chi connectivity index (χ2v) is 12.0. The number of rotatable bonds is 10. The lowest BCUT2D eigenvalue weighted by atomic mass is 10.1. The minimum absolute atomic E-state index is 0.0551. The topological polar surface area (TPSA) is 125 Å². The van der Waals surface area contributed by atoms with Crippen LogP contribution in [0.3, 0.4) is 0 Å². The van der Waals surface area contributed by atoms with Gasteiger partial charge in [-0.15, -0.1) is 0 Å². The first-order valence-corrected chi connectivity index (χ1v) is 13.9. The summed E-state index contributed by atoms with van der Waals surface area (Å²) < 4.78 is 71.4. The number of sulfonamides is 1. The van der Waals surface area contributed by atoms with Crippen molar-refractivity contribution >= 4 is 31.2 Å². The van der Waals surface area contributed by atoms with Gasteiger partial charge in [0.25, 0.3) is 0 Å². The molecule has 1 N–H and O–H groups in total. The van der Waals surface area contributed by atoms with Crippen LogP contribution in [0.5, 0.6) is 17.2 Å². The van der Waals surface area contributed by atoms with E-state index in [4.69, 9.17) is 14.2 Å². The standard InChI is InChI=1S/C22H27N3O7S2/c1-5-8-33(26,27)24-16-9-14(10-19(31-3)22(16)32-4)17-12-23-21-11-18(30-2)20(13-25(17)21)34(28,29)15-6-7-15/h9-13,15,24H,5-8H2,1-4H3. The summed E-state index contributed by atoms with van der Waals surface area (Å²) in [4.78, 5) is 4.49. The lowest BCUT2D eigenvalue weighted by Crippen LogP contribution is -2.17. The normalized spacial score (nSPS) is 14.2. The van der Waals surface area contributed by atoms with Crippen molar-refractivity contribution in [3.63, 3.8) is 0 Å². The third-order valence-corrected chi connectivity index (χ3v) is 9.32. The minimum atomic E-state index is -3.61. The predicted molar refractivity (Wildman–Crippen MR) is 128 cm³/mol. The van der Waals surface area contributed by atoms with Crippen LogP contribution in [-0.4, -0.2) is 58.6 Å². The summed E-state index contributed by atoms with van der Waals surface area (Å²) in [6, 6.07) is 4.86. The SMILES string of the molecule is CCCS(=O)(=O)Nc1cc(-c2cnc3cc(OC)c(S(=O)(=O)C4CC4)cn23)cc(OC)c1OC. The second kappa shape index (κ2) is 8.99. The van der Waals surface area contributed by atoms with Gasteiger partial charge in [0, 0.05) is 17.8 Å².